The van der Waals surface area contributed by atoms with Crippen molar-refractivity contribution in [1.29, 1.82) is 0 Å². The van der Waals surface area contributed by atoms with Gasteiger partial charge in [0.15, 0.2) is 9.84 Å². The molecule has 4 aliphatic heterocycles. The molecular formula is C26H38Cl2N4O2S. The Hall–Kier alpha value is -1.12. The number of benzene rings is 1. The lowest BCUT2D eigenvalue weighted by Crippen LogP contribution is -2.51. The largest absolute Gasteiger partial charge is 0.334 e. The maximum atomic E-state index is 11.7. The van der Waals surface area contributed by atoms with Gasteiger partial charge in [-0.05, 0) is 82.0 Å². The van der Waals surface area contributed by atoms with Crippen molar-refractivity contribution in [2.45, 2.75) is 80.9 Å². The molecule has 9 heteroatoms. The summed E-state index contributed by atoms with van der Waals surface area (Å²) in [6.45, 7) is 3.63. The summed E-state index contributed by atoms with van der Waals surface area (Å²) >= 11 is 0. The number of rotatable bonds is 4. The normalized spacial score (nSPS) is 29.2. The van der Waals surface area contributed by atoms with E-state index in [9.17, 15) is 8.42 Å². The number of sulfone groups is 1. The fourth-order valence-corrected chi connectivity index (χ4v) is 7.58. The van der Waals surface area contributed by atoms with Crippen LogP contribution >= 0.6 is 24.8 Å². The molecule has 2 aromatic rings. The molecule has 0 saturated carbocycles. The van der Waals surface area contributed by atoms with E-state index >= 15 is 0 Å². The summed E-state index contributed by atoms with van der Waals surface area (Å²) in [4.78, 5) is 8.06. The molecule has 1 aromatic heterocycles. The van der Waals surface area contributed by atoms with E-state index in [0.717, 1.165) is 54.2 Å². The van der Waals surface area contributed by atoms with E-state index in [0.29, 0.717) is 4.90 Å². The first-order chi connectivity index (χ1) is 15.9. The van der Waals surface area contributed by atoms with Gasteiger partial charge in [-0.1, -0.05) is 12.1 Å². The zero-order chi connectivity index (χ0) is 22.6. The third-order valence-corrected chi connectivity index (χ3v) is 9.94. The van der Waals surface area contributed by atoms with Crippen molar-refractivity contribution in [3.05, 3.63) is 36.3 Å². The van der Waals surface area contributed by atoms with E-state index in [1.54, 1.807) is 12.1 Å². The van der Waals surface area contributed by atoms with E-state index < -0.39 is 9.84 Å². The quantitative estimate of drug-likeness (QED) is 0.624. The molecule has 5 heterocycles. The molecule has 194 valence electrons. The highest BCUT2D eigenvalue weighted by molar-refractivity contribution is 7.90. The van der Waals surface area contributed by atoms with Crippen molar-refractivity contribution >= 4 is 34.7 Å². The predicted molar refractivity (Wildman–Crippen MR) is 144 cm³/mol. The van der Waals surface area contributed by atoms with Crippen LogP contribution in [0.3, 0.4) is 0 Å². The van der Waals surface area contributed by atoms with Crippen molar-refractivity contribution in [2.75, 3.05) is 19.3 Å². The van der Waals surface area contributed by atoms with Crippen LogP contribution in [0.2, 0.25) is 0 Å². The summed E-state index contributed by atoms with van der Waals surface area (Å²) in [6, 6.07) is 9.51. The van der Waals surface area contributed by atoms with Crippen molar-refractivity contribution in [3.63, 3.8) is 0 Å². The fourth-order valence-electron chi connectivity index (χ4n) is 6.95. The Morgan fingerprint density at radius 3 is 2.20 bits per heavy atom. The Balaban J connectivity index is 0.00000144. The van der Waals surface area contributed by atoms with Crippen LogP contribution < -0.4 is 5.32 Å². The van der Waals surface area contributed by atoms with Crippen molar-refractivity contribution in [1.82, 2.24) is 19.8 Å². The van der Waals surface area contributed by atoms with Gasteiger partial charge in [-0.15, -0.1) is 24.8 Å². The number of hydrogen-bond donors (Lipinski definition) is 1. The highest BCUT2D eigenvalue weighted by atomic mass is 35.5. The highest BCUT2D eigenvalue weighted by Crippen LogP contribution is 2.37. The van der Waals surface area contributed by atoms with E-state index in [1.807, 2.05) is 12.1 Å². The van der Waals surface area contributed by atoms with Crippen molar-refractivity contribution in [3.8, 4) is 11.3 Å². The zero-order valence-electron chi connectivity index (χ0n) is 20.4. The van der Waals surface area contributed by atoms with Gasteiger partial charge in [-0.2, -0.15) is 0 Å². The van der Waals surface area contributed by atoms with Crippen LogP contribution in [-0.4, -0.2) is 60.3 Å². The molecule has 1 aromatic carbocycles. The maximum absolute atomic E-state index is 11.7. The van der Waals surface area contributed by atoms with Crippen LogP contribution in [0.5, 0.6) is 0 Å². The van der Waals surface area contributed by atoms with Crippen molar-refractivity contribution in [2.24, 2.45) is 11.8 Å². The van der Waals surface area contributed by atoms with E-state index in [-0.39, 0.29) is 24.8 Å². The SMILES string of the molecule is CS(=O)(=O)c1ccc(-c2cn3c(n2)CC[C@@H](C2CCN(C4CC5CCC(C4)N5)CC2)C3)cc1.Cl.Cl. The Bertz CT molecular complexity index is 1100. The standard InChI is InChI=1S/C26H36N4O2S.2ClH/c1-33(31,32)24-7-2-19(3-8-24)25-17-30-16-20(4-9-26(30)28-25)18-10-12-29(13-11-18)23-14-21-5-6-22(15-23)27-21;;/h2-3,7-8,17-18,20-23,27H,4-6,9-16H2,1H3;2*1H/t20-,21?,22?,23?;;/m1../s1. The van der Waals surface area contributed by atoms with E-state index in [1.165, 1.54) is 70.1 Å². The van der Waals surface area contributed by atoms with Crippen LogP contribution in [0.15, 0.2) is 35.4 Å². The molecule has 1 N–H and O–H groups in total. The van der Waals surface area contributed by atoms with Gasteiger partial charge in [-0.3, -0.25) is 0 Å². The molecule has 0 radical (unpaired) electrons. The molecule has 2 bridgehead atoms. The second-order valence-corrected chi connectivity index (χ2v) is 12.9. The molecular weight excluding hydrogens is 503 g/mol. The lowest BCUT2D eigenvalue weighted by atomic mass is 9.79. The summed E-state index contributed by atoms with van der Waals surface area (Å²) < 4.78 is 25.9. The monoisotopic (exact) mass is 540 g/mol. The third-order valence-electron chi connectivity index (χ3n) is 8.81. The van der Waals surface area contributed by atoms with Crippen LogP contribution in [0.4, 0.5) is 0 Å². The van der Waals surface area contributed by atoms with E-state index in [2.05, 4.69) is 21.0 Å². The molecule has 0 spiro atoms. The number of aromatic nitrogens is 2. The van der Waals surface area contributed by atoms with Gasteiger partial charge in [0.25, 0.3) is 0 Å². The van der Waals surface area contributed by atoms with Gasteiger partial charge >= 0.3 is 0 Å². The second-order valence-electron chi connectivity index (χ2n) is 10.9. The van der Waals surface area contributed by atoms with Crippen molar-refractivity contribution < 1.29 is 8.42 Å². The first kappa shape index (κ1) is 26.9. The Labute approximate surface area is 222 Å². The lowest BCUT2D eigenvalue weighted by molar-refractivity contribution is 0.0725. The molecule has 0 aliphatic carbocycles. The van der Waals surface area contributed by atoms with Gasteiger partial charge in [0.05, 0.1) is 10.6 Å². The van der Waals surface area contributed by atoms with Crippen LogP contribution in [-0.2, 0) is 22.8 Å². The maximum Gasteiger partial charge on any atom is 0.175 e. The molecule has 35 heavy (non-hydrogen) atoms. The number of hydrogen-bond acceptors (Lipinski definition) is 5. The van der Waals surface area contributed by atoms with Crippen LogP contribution in [0, 0.1) is 11.8 Å². The lowest BCUT2D eigenvalue weighted by Gasteiger charge is -2.43. The molecule has 3 fully saturated rings. The number of likely N-dealkylation sites (tertiary alicyclic amines) is 1. The number of aryl methyl sites for hydroxylation is 1. The number of nitrogens with one attached hydrogen (secondary N) is 1. The van der Waals surface area contributed by atoms with Gasteiger partial charge in [0.2, 0.25) is 0 Å². The predicted octanol–water partition coefficient (Wildman–Crippen LogP) is 4.35. The topological polar surface area (TPSA) is 67.2 Å². The van der Waals surface area contributed by atoms with Gasteiger partial charge in [0.1, 0.15) is 5.82 Å². The molecule has 4 aliphatic rings. The third kappa shape index (κ3) is 5.59. The van der Waals surface area contributed by atoms with E-state index in [4.69, 9.17) is 4.98 Å². The Morgan fingerprint density at radius 1 is 0.914 bits per heavy atom. The average molecular weight is 542 g/mol. The molecule has 2 unspecified atom stereocenters. The average Bonchev–Trinajstić information content (AvgIpc) is 3.40. The van der Waals surface area contributed by atoms with Gasteiger partial charge in [-0.25, -0.2) is 13.4 Å². The number of halogens is 2. The first-order valence-corrected chi connectivity index (χ1v) is 14.7. The smallest absolute Gasteiger partial charge is 0.175 e. The summed E-state index contributed by atoms with van der Waals surface area (Å²) in [5.74, 6) is 2.75. The Kier molecular flexibility index (Phi) is 8.23. The summed E-state index contributed by atoms with van der Waals surface area (Å²) in [5, 5.41) is 3.79. The molecule has 6 nitrogen and oxygen atoms in total. The van der Waals surface area contributed by atoms with Gasteiger partial charge < -0.3 is 14.8 Å². The summed E-state index contributed by atoms with van der Waals surface area (Å²) in [5.41, 5.74) is 1.95. The number of imidazole rings is 1. The minimum atomic E-state index is -3.17. The molecule has 3 atom stereocenters. The number of fused-ring (bicyclic) bond motifs is 3. The number of nitrogens with zero attached hydrogens (tertiary/aromatic N) is 3. The minimum absolute atomic E-state index is 0. The highest BCUT2D eigenvalue weighted by Gasteiger charge is 2.38. The molecule has 0 amide bonds. The van der Waals surface area contributed by atoms with Crippen LogP contribution in [0.1, 0.15) is 50.8 Å². The zero-order valence-corrected chi connectivity index (χ0v) is 22.9. The first-order valence-electron chi connectivity index (χ1n) is 12.8. The second kappa shape index (κ2) is 10.7. The number of piperidine rings is 2. The summed E-state index contributed by atoms with van der Waals surface area (Å²) in [7, 11) is -3.17. The Morgan fingerprint density at radius 2 is 1.57 bits per heavy atom. The molecule has 6 rings (SSSR count). The van der Waals surface area contributed by atoms with Crippen LogP contribution in [0.25, 0.3) is 11.3 Å². The van der Waals surface area contributed by atoms with Gasteiger partial charge in [0, 0.05) is 49.1 Å². The molecule has 3 saturated heterocycles. The summed E-state index contributed by atoms with van der Waals surface area (Å²) in [6.07, 6.45) is 13.9. The fraction of sp³-hybridized carbons (Fsp3) is 0.654. The minimum Gasteiger partial charge on any atom is -0.334 e.